The molecule has 1 spiro atoms. The maximum atomic E-state index is 14.0. The lowest BCUT2D eigenvalue weighted by Crippen LogP contribution is -2.66. The molecule has 0 saturated heterocycles. The van der Waals surface area contributed by atoms with Crippen LogP contribution in [0.2, 0.25) is 0 Å². The number of hydrogen-bond acceptors (Lipinski definition) is 6. The molecule has 4 rings (SSSR count). The van der Waals surface area contributed by atoms with Gasteiger partial charge in [-0.15, -0.1) is 0 Å². The Hall–Kier alpha value is -1.70. The van der Waals surface area contributed by atoms with Crippen LogP contribution in [0.25, 0.3) is 0 Å². The molecule has 0 aliphatic heterocycles. The summed E-state index contributed by atoms with van der Waals surface area (Å²) in [4.78, 5) is 26.1. The monoisotopic (exact) mass is 405 g/mol. The maximum absolute atomic E-state index is 14.0. The molecule has 2 fully saturated rings. The Bertz CT molecular complexity index is 831. The number of aliphatic hydroxyl groups is 3. The largest absolute Gasteiger partial charge is 0.438 e. The number of Topliss-reactive ketones (excluding diaryl/α,β-unsaturated/α-hetero) is 1. The van der Waals surface area contributed by atoms with E-state index >= 15 is 0 Å². The zero-order valence-corrected chi connectivity index (χ0v) is 17.6. The first-order valence-electron chi connectivity index (χ1n) is 10.3. The summed E-state index contributed by atoms with van der Waals surface area (Å²) in [5, 5.41) is 35.7. The van der Waals surface area contributed by atoms with E-state index < -0.39 is 41.8 Å². The Labute approximate surface area is 170 Å². The molecule has 4 N–H and O–H groups in total. The third-order valence-electron chi connectivity index (χ3n) is 8.33. The molecule has 0 aromatic heterocycles. The fourth-order valence-electron chi connectivity index (χ4n) is 6.76. The number of alkyl carbamates (subject to hydrolysis) is 1. The first kappa shape index (κ1) is 20.6. The van der Waals surface area contributed by atoms with E-state index in [4.69, 9.17) is 4.74 Å². The van der Waals surface area contributed by atoms with Crippen molar-refractivity contribution in [3.05, 3.63) is 23.3 Å². The Kier molecular flexibility index (Phi) is 4.37. The number of amides is 1. The van der Waals surface area contributed by atoms with Crippen LogP contribution < -0.4 is 5.32 Å². The zero-order valence-electron chi connectivity index (χ0n) is 17.6. The average Bonchev–Trinajstić information content (AvgIpc) is 3.16. The summed E-state index contributed by atoms with van der Waals surface area (Å²) >= 11 is 0. The van der Waals surface area contributed by atoms with Crippen LogP contribution in [-0.4, -0.2) is 58.7 Å². The third kappa shape index (κ3) is 2.29. The summed E-state index contributed by atoms with van der Waals surface area (Å²) < 4.78 is 5.48. The van der Waals surface area contributed by atoms with Crippen LogP contribution >= 0.6 is 0 Å². The van der Waals surface area contributed by atoms with Crippen LogP contribution in [0.15, 0.2) is 23.3 Å². The van der Waals surface area contributed by atoms with Gasteiger partial charge < -0.3 is 25.4 Å². The Morgan fingerprint density at radius 1 is 1.38 bits per heavy atom. The van der Waals surface area contributed by atoms with E-state index in [0.29, 0.717) is 11.5 Å². The van der Waals surface area contributed by atoms with Gasteiger partial charge in [0.1, 0.15) is 6.10 Å². The highest BCUT2D eigenvalue weighted by Crippen LogP contribution is 2.71. The summed E-state index contributed by atoms with van der Waals surface area (Å²) in [6, 6.07) is 0. The predicted molar refractivity (Wildman–Crippen MR) is 105 cm³/mol. The number of fused-ring (bicyclic) bond motifs is 3. The highest BCUT2D eigenvalue weighted by Gasteiger charge is 2.76. The van der Waals surface area contributed by atoms with Crippen molar-refractivity contribution in [3.63, 3.8) is 0 Å². The van der Waals surface area contributed by atoms with Gasteiger partial charge in [0.05, 0.1) is 12.0 Å². The lowest BCUT2D eigenvalue weighted by molar-refractivity contribution is -0.190. The quantitative estimate of drug-likeness (QED) is 0.513. The normalized spacial score (nSPS) is 47.1. The topological polar surface area (TPSA) is 116 Å². The van der Waals surface area contributed by atoms with Gasteiger partial charge in [0.15, 0.2) is 17.5 Å². The van der Waals surface area contributed by atoms with Crippen LogP contribution in [-0.2, 0) is 9.53 Å². The third-order valence-corrected chi connectivity index (χ3v) is 8.33. The van der Waals surface area contributed by atoms with E-state index in [1.807, 2.05) is 6.92 Å². The van der Waals surface area contributed by atoms with Gasteiger partial charge in [0, 0.05) is 13.0 Å². The summed E-state index contributed by atoms with van der Waals surface area (Å²) in [5.41, 5.74) is -2.75. The first-order valence-corrected chi connectivity index (χ1v) is 10.3. The number of aliphatic hydroxyl groups excluding tert-OH is 2. The van der Waals surface area contributed by atoms with Crippen molar-refractivity contribution in [1.82, 2.24) is 5.32 Å². The number of ketones is 1. The van der Waals surface area contributed by atoms with Crippen molar-refractivity contribution in [1.29, 1.82) is 0 Å². The van der Waals surface area contributed by atoms with E-state index in [9.17, 15) is 24.9 Å². The molecule has 4 aliphatic carbocycles. The minimum atomic E-state index is -2.08. The van der Waals surface area contributed by atoms with Gasteiger partial charge in [-0.3, -0.25) is 4.79 Å². The minimum Gasteiger partial charge on any atom is -0.438 e. The number of hydrogen-bond donors (Lipinski definition) is 4. The van der Waals surface area contributed by atoms with Crippen LogP contribution in [0.3, 0.4) is 0 Å². The minimum absolute atomic E-state index is 0.0178. The van der Waals surface area contributed by atoms with Gasteiger partial charge in [0.25, 0.3) is 0 Å². The van der Waals surface area contributed by atoms with Gasteiger partial charge >= 0.3 is 6.09 Å². The number of carbonyl (C=O) groups is 2. The van der Waals surface area contributed by atoms with Crippen molar-refractivity contribution in [2.24, 2.45) is 34.5 Å². The fraction of sp³-hybridized carbons (Fsp3) is 0.727. The van der Waals surface area contributed by atoms with Gasteiger partial charge in [-0.1, -0.05) is 32.9 Å². The molecule has 4 aliphatic rings. The molecule has 1 amide bonds. The number of nitrogens with one attached hydrogen (secondary N) is 1. The van der Waals surface area contributed by atoms with E-state index in [2.05, 4.69) is 19.2 Å². The van der Waals surface area contributed by atoms with E-state index in [-0.39, 0.29) is 28.6 Å². The highest BCUT2D eigenvalue weighted by molar-refractivity contribution is 5.95. The molecule has 0 unspecified atom stereocenters. The second-order valence-corrected chi connectivity index (χ2v) is 9.90. The lowest BCUT2D eigenvalue weighted by atomic mass is 9.59. The summed E-state index contributed by atoms with van der Waals surface area (Å²) in [6.07, 6.45) is 0.623. The van der Waals surface area contributed by atoms with E-state index in [0.717, 1.165) is 6.42 Å². The van der Waals surface area contributed by atoms with Crippen molar-refractivity contribution in [3.8, 4) is 0 Å². The molecule has 7 nitrogen and oxygen atoms in total. The summed E-state index contributed by atoms with van der Waals surface area (Å²) in [7, 11) is 1.41. The molecule has 29 heavy (non-hydrogen) atoms. The van der Waals surface area contributed by atoms with Crippen LogP contribution in [0.4, 0.5) is 4.79 Å². The highest BCUT2D eigenvalue weighted by atomic mass is 16.6. The van der Waals surface area contributed by atoms with Crippen molar-refractivity contribution in [2.75, 3.05) is 13.7 Å². The fourth-order valence-corrected chi connectivity index (χ4v) is 6.76. The second kappa shape index (κ2) is 6.15. The molecule has 2 saturated carbocycles. The predicted octanol–water partition coefficient (Wildman–Crippen LogP) is 1.18. The Morgan fingerprint density at radius 3 is 2.62 bits per heavy atom. The Balaban J connectivity index is 1.94. The van der Waals surface area contributed by atoms with Gasteiger partial charge in [-0.2, -0.15) is 0 Å². The zero-order chi connectivity index (χ0) is 21.5. The van der Waals surface area contributed by atoms with Crippen molar-refractivity contribution >= 4 is 11.9 Å². The molecular formula is C22H31NO6. The van der Waals surface area contributed by atoms with Crippen molar-refractivity contribution < 1.29 is 29.6 Å². The van der Waals surface area contributed by atoms with Gasteiger partial charge in [-0.05, 0) is 47.7 Å². The van der Waals surface area contributed by atoms with Crippen molar-refractivity contribution in [2.45, 2.75) is 51.9 Å². The maximum Gasteiger partial charge on any atom is 0.407 e. The number of allylic oxidation sites excluding steroid dienone is 1. The average molecular weight is 405 g/mol. The Morgan fingerprint density at radius 2 is 2.03 bits per heavy atom. The van der Waals surface area contributed by atoms with Gasteiger partial charge in [0.2, 0.25) is 0 Å². The molecular weight excluding hydrogens is 374 g/mol. The second-order valence-electron chi connectivity index (χ2n) is 9.90. The molecule has 7 heteroatoms. The summed E-state index contributed by atoms with van der Waals surface area (Å²) in [5.74, 6) is -0.521. The van der Waals surface area contributed by atoms with E-state index in [1.165, 1.54) is 7.05 Å². The number of ether oxygens (including phenoxy) is 1. The smallest absolute Gasteiger partial charge is 0.407 e. The molecule has 2 bridgehead atoms. The number of rotatable bonds is 2. The molecule has 0 heterocycles. The van der Waals surface area contributed by atoms with Gasteiger partial charge in [-0.25, -0.2) is 4.79 Å². The molecule has 0 radical (unpaired) electrons. The van der Waals surface area contributed by atoms with Crippen LogP contribution in [0, 0.1) is 34.5 Å². The molecule has 0 aromatic carbocycles. The molecule has 160 valence electrons. The van der Waals surface area contributed by atoms with Crippen LogP contribution in [0.5, 0.6) is 0 Å². The number of carbonyl (C=O) groups excluding carboxylic acids is 2. The standard InChI is InChI=1S/C22H31NO6/c1-10-8-21-11(2)6-14-15(20(14,3)4)13(17(21)26)7-12(9-24)16(25)22(21,28)18(10)29-19(27)23-5/h7-8,11,13-16,18,24-25,28H,6,9H2,1-5H3,(H,23,27)/t11-,13+,14-,15-,16-,18+,21+,22+/m1/s1. The van der Waals surface area contributed by atoms with E-state index in [1.54, 1.807) is 19.1 Å². The SMILES string of the molecule is CNC(=O)O[C@H]1C(C)=C[C@]23C(=O)[C@@H](C=C(CO)[C@@H](O)[C@]12O)[C@@H]1[C@@H](C[C@H]3C)C1(C)C. The molecule has 8 atom stereocenters. The lowest BCUT2D eigenvalue weighted by Gasteiger charge is -2.48. The molecule has 0 aromatic rings. The summed E-state index contributed by atoms with van der Waals surface area (Å²) in [6.45, 7) is 7.44. The van der Waals surface area contributed by atoms with Crippen LogP contribution in [0.1, 0.15) is 34.1 Å². The first-order chi connectivity index (χ1) is 13.5.